The van der Waals surface area contributed by atoms with Gasteiger partial charge in [0.15, 0.2) is 0 Å². The zero-order valence-corrected chi connectivity index (χ0v) is 11.4. The molecule has 0 aliphatic rings. The van der Waals surface area contributed by atoms with Gasteiger partial charge in [-0.2, -0.15) is 0 Å². The molecule has 0 aliphatic heterocycles. The fourth-order valence-corrected chi connectivity index (χ4v) is 1.59. The second-order valence-corrected chi connectivity index (χ2v) is 3.97. The van der Waals surface area contributed by atoms with Gasteiger partial charge >= 0.3 is 5.97 Å². The molecule has 0 aliphatic carbocycles. The van der Waals surface area contributed by atoms with Crippen LogP contribution in [-0.4, -0.2) is 11.1 Å². The van der Waals surface area contributed by atoms with E-state index in [4.69, 9.17) is 5.11 Å². The van der Waals surface area contributed by atoms with Gasteiger partial charge in [0.2, 0.25) is 0 Å². The quantitative estimate of drug-likeness (QED) is 0.535. The smallest absolute Gasteiger partial charge is 0.303 e. The van der Waals surface area contributed by atoms with Crippen LogP contribution in [0.15, 0.2) is 0 Å². The standard InChI is InChI=1S/C12H24O2.C2H6/c1-2-3-4-5-6-7-8-9-10-11-12(13)14;1-2/h2-11H2,1H3,(H,13,14);1-2H3. The predicted octanol–water partition coefficient (Wildman–Crippen LogP) is 5.02. The van der Waals surface area contributed by atoms with Gasteiger partial charge < -0.3 is 5.11 Å². The van der Waals surface area contributed by atoms with Gasteiger partial charge in [-0.1, -0.05) is 72.1 Å². The Morgan fingerprint density at radius 3 is 1.56 bits per heavy atom. The van der Waals surface area contributed by atoms with Gasteiger partial charge in [0.1, 0.15) is 0 Å². The third-order valence-corrected chi connectivity index (χ3v) is 2.49. The van der Waals surface area contributed by atoms with Gasteiger partial charge in [-0.05, 0) is 6.42 Å². The van der Waals surface area contributed by atoms with Gasteiger partial charge in [-0.3, -0.25) is 4.79 Å². The van der Waals surface area contributed by atoms with Crippen molar-refractivity contribution >= 4 is 5.97 Å². The molecule has 0 rings (SSSR count). The number of hydrogen-bond donors (Lipinski definition) is 1. The maximum atomic E-state index is 10.2. The zero-order valence-electron chi connectivity index (χ0n) is 11.4. The van der Waals surface area contributed by atoms with Crippen LogP contribution in [0.4, 0.5) is 0 Å². The summed E-state index contributed by atoms with van der Waals surface area (Å²) in [6.07, 6.45) is 11.5. The van der Waals surface area contributed by atoms with E-state index < -0.39 is 5.97 Å². The third-order valence-electron chi connectivity index (χ3n) is 2.49. The van der Waals surface area contributed by atoms with E-state index in [0.717, 1.165) is 12.8 Å². The summed E-state index contributed by atoms with van der Waals surface area (Å²) < 4.78 is 0. The molecular formula is C14H30O2. The molecule has 0 saturated carbocycles. The molecule has 0 saturated heterocycles. The molecule has 0 spiro atoms. The molecule has 0 aromatic rings. The van der Waals surface area contributed by atoms with E-state index in [-0.39, 0.29) is 0 Å². The summed E-state index contributed by atoms with van der Waals surface area (Å²) in [6.45, 7) is 6.23. The van der Waals surface area contributed by atoms with E-state index in [1.807, 2.05) is 13.8 Å². The zero-order chi connectivity index (χ0) is 12.6. The van der Waals surface area contributed by atoms with Crippen molar-refractivity contribution in [3.05, 3.63) is 0 Å². The van der Waals surface area contributed by atoms with Crippen LogP contribution in [-0.2, 0) is 4.79 Å². The number of carboxylic acids is 1. The average molecular weight is 230 g/mol. The van der Waals surface area contributed by atoms with Crippen LogP contribution < -0.4 is 0 Å². The third kappa shape index (κ3) is 19.1. The van der Waals surface area contributed by atoms with Crippen LogP contribution in [0, 0.1) is 0 Å². The van der Waals surface area contributed by atoms with Crippen molar-refractivity contribution in [2.24, 2.45) is 0 Å². The van der Waals surface area contributed by atoms with E-state index in [1.54, 1.807) is 0 Å². The van der Waals surface area contributed by atoms with Crippen molar-refractivity contribution in [2.75, 3.05) is 0 Å². The number of aliphatic carboxylic acids is 1. The summed E-state index contributed by atoms with van der Waals surface area (Å²) >= 11 is 0. The minimum absolute atomic E-state index is 0.343. The monoisotopic (exact) mass is 230 g/mol. The maximum absolute atomic E-state index is 10.2. The van der Waals surface area contributed by atoms with Gasteiger partial charge in [0, 0.05) is 6.42 Å². The SMILES string of the molecule is CC.CCCCCCCCCCCC(=O)O. The van der Waals surface area contributed by atoms with Crippen molar-refractivity contribution < 1.29 is 9.90 Å². The molecule has 0 unspecified atom stereocenters. The molecule has 0 atom stereocenters. The van der Waals surface area contributed by atoms with Crippen LogP contribution in [0.3, 0.4) is 0 Å². The average Bonchev–Trinajstić information content (AvgIpc) is 2.29. The van der Waals surface area contributed by atoms with Crippen LogP contribution in [0.2, 0.25) is 0 Å². The Morgan fingerprint density at radius 2 is 1.19 bits per heavy atom. The number of rotatable bonds is 10. The van der Waals surface area contributed by atoms with E-state index in [1.165, 1.54) is 44.9 Å². The first kappa shape index (κ1) is 17.9. The maximum Gasteiger partial charge on any atom is 0.303 e. The number of unbranched alkanes of at least 4 members (excludes halogenated alkanes) is 8. The topological polar surface area (TPSA) is 37.3 Å². The summed E-state index contributed by atoms with van der Waals surface area (Å²) in [7, 11) is 0. The van der Waals surface area contributed by atoms with Gasteiger partial charge in [-0.25, -0.2) is 0 Å². The lowest BCUT2D eigenvalue weighted by molar-refractivity contribution is -0.137. The highest BCUT2D eigenvalue weighted by Gasteiger charge is 1.96. The number of carbonyl (C=O) groups is 1. The van der Waals surface area contributed by atoms with Crippen LogP contribution >= 0.6 is 0 Å². The lowest BCUT2D eigenvalue weighted by atomic mass is 10.1. The van der Waals surface area contributed by atoms with Crippen molar-refractivity contribution in [3.63, 3.8) is 0 Å². The molecule has 0 bridgehead atoms. The van der Waals surface area contributed by atoms with Gasteiger partial charge in [0.05, 0.1) is 0 Å². The summed E-state index contributed by atoms with van der Waals surface area (Å²) in [5, 5.41) is 8.41. The van der Waals surface area contributed by atoms with E-state index in [2.05, 4.69) is 6.92 Å². The van der Waals surface area contributed by atoms with Crippen LogP contribution in [0.25, 0.3) is 0 Å². The minimum atomic E-state index is -0.659. The minimum Gasteiger partial charge on any atom is -0.481 e. The molecule has 1 N–H and O–H groups in total. The first-order valence-electron chi connectivity index (χ1n) is 6.99. The van der Waals surface area contributed by atoms with Crippen LogP contribution in [0.5, 0.6) is 0 Å². The fourth-order valence-electron chi connectivity index (χ4n) is 1.59. The molecule has 16 heavy (non-hydrogen) atoms. The predicted molar refractivity (Wildman–Crippen MR) is 70.8 cm³/mol. The molecule has 0 radical (unpaired) electrons. The Labute approximate surface area is 101 Å². The molecule has 0 heterocycles. The Kier molecular flexibility index (Phi) is 18.8. The molecule has 0 fully saturated rings. The Bertz CT molecular complexity index is 133. The van der Waals surface area contributed by atoms with Crippen LogP contribution in [0.1, 0.15) is 85.0 Å². The summed E-state index contributed by atoms with van der Waals surface area (Å²) in [5.74, 6) is -0.659. The lowest BCUT2D eigenvalue weighted by Crippen LogP contribution is -1.93. The number of carboxylic acid groups (broad SMARTS) is 1. The Balaban J connectivity index is 0. The molecule has 0 aromatic heterocycles. The van der Waals surface area contributed by atoms with E-state index in [9.17, 15) is 4.79 Å². The summed E-state index contributed by atoms with van der Waals surface area (Å²) in [4.78, 5) is 10.2. The van der Waals surface area contributed by atoms with Crippen molar-refractivity contribution in [1.82, 2.24) is 0 Å². The molecule has 0 aromatic carbocycles. The second kappa shape index (κ2) is 16.9. The normalized spacial score (nSPS) is 9.44. The lowest BCUT2D eigenvalue weighted by Gasteiger charge is -2.00. The van der Waals surface area contributed by atoms with Gasteiger partial charge in [0.25, 0.3) is 0 Å². The Hall–Kier alpha value is -0.530. The van der Waals surface area contributed by atoms with Crippen molar-refractivity contribution in [2.45, 2.75) is 85.0 Å². The van der Waals surface area contributed by atoms with Crippen molar-refractivity contribution in [3.8, 4) is 0 Å². The Morgan fingerprint density at radius 1 is 0.812 bits per heavy atom. The number of hydrogen-bond acceptors (Lipinski definition) is 1. The molecule has 2 heteroatoms. The molecular weight excluding hydrogens is 200 g/mol. The highest BCUT2D eigenvalue weighted by atomic mass is 16.4. The van der Waals surface area contributed by atoms with E-state index in [0.29, 0.717) is 6.42 Å². The molecule has 2 nitrogen and oxygen atoms in total. The van der Waals surface area contributed by atoms with E-state index >= 15 is 0 Å². The van der Waals surface area contributed by atoms with Crippen molar-refractivity contribution in [1.29, 1.82) is 0 Å². The highest BCUT2D eigenvalue weighted by Crippen LogP contribution is 2.10. The molecule has 0 amide bonds. The first-order valence-corrected chi connectivity index (χ1v) is 6.99. The summed E-state index contributed by atoms with van der Waals surface area (Å²) in [6, 6.07) is 0. The molecule has 98 valence electrons. The second-order valence-electron chi connectivity index (χ2n) is 3.97. The fraction of sp³-hybridized carbons (Fsp3) is 0.929. The highest BCUT2D eigenvalue weighted by molar-refractivity contribution is 5.66. The first-order chi connectivity index (χ1) is 7.77. The van der Waals surface area contributed by atoms with Gasteiger partial charge in [-0.15, -0.1) is 0 Å². The largest absolute Gasteiger partial charge is 0.481 e. The summed E-state index contributed by atoms with van der Waals surface area (Å²) in [5.41, 5.74) is 0.